The maximum Gasteiger partial charge on any atom is 0.255 e. The number of hydrogen-bond acceptors (Lipinski definition) is 3. The Kier molecular flexibility index (Phi) is 6.63. The molecule has 0 radical (unpaired) electrons. The van der Waals surface area contributed by atoms with Gasteiger partial charge in [0, 0.05) is 23.4 Å². The maximum absolute atomic E-state index is 12.6. The topological polar surface area (TPSA) is 67.4 Å². The van der Waals surface area contributed by atoms with Crippen LogP contribution in [0.1, 0.15) is 34.8 Å². The van der Waals surface area contributed by atoms with Crippen molar-refractivity contribution in [3.8, 4) is 5.75 Å². The summed E-state index contributed by atoms with van der Waals surface area (Å²) >= 11 is 0. The summed E-state index contributed by atoms with van der Waals surface area (Å²) in [6.07, 6.45) is 0.395. The molecule has 0 bridgehead atoms. The fourth-order valence-electron chi connectivity index (χ4n) is 2.82. The van der Waals surface area contributed by atoms with Gasteiger partial charge in [-0.1, -0.05) is 48.9 Å². The van der Waals surface area contributed by atoms with E-state index in [4.69, 9.17) is 4.74 Å². The Morgan fingerprint density at radius 2 is 1.59 bits per heavy atom. The number of hydrogen-bond donors (Lipinski definition) is 2. The summed E-state index contributed by atoms with van der Waals surface area (Å²) in [7, 11) is 0. The molecule has 5 heteroatoms. The van der Waals surface area contributed by atoms with E-state index in [2.05, 4.69) is 16.7 Å². The van der Waals surface area contributed by atoms with E-state index < -0.39 is 0 Å². The lowest BCUT2D eigenvalue weighted by molar-refractivity contribution is -0.115. The molecule has 0 spiro atoms. The number of ether oxygens (including phenoxy) is 1. The first-order valence-electron chi connectivity index (χ1n) is 9.53. The zero-order valence-electron chi connectivity index (χ0n) is 16.6. The Morgan fingerprint density at radius 1 is 0.862 bits per heavy atom. The predicted molar refractivity (Wildman–Crippen MR) is 115 cm³/mol. The summed E-state index contributed by atoms with van der Waals surface area (Å²) in [4.78, 5) is 24.2. The van der Waals surface area contributed by atoms with Crippen LogP contribution in [-0.4, -0.2) is 11.8 Å². The van der Waals surface area contributed by atoms with E-state index in [0.717, 1.165) is 5.56 Å². The Hall–Kier alpha value is -3.60. The lowest BCUT2D eigenvalue weighted by Gasteiger charge is -2.10. The molecule has 0 heterocycles. The largest absolute Gasteiger partial charge is 0.489 e. The molecule has 5 nitrogen and oxygen atoms in total. The molecule has 0 aliphatic heterocycles. The number of anilines is 2. The van der Waals surface area contributed by atoms with Gasteiger partial charge in [-0.3, -0.25) is 9.59 Å². The van der Waals surface area contributed by atoms with E-state index in [1.165, 1.54) is 5.56 Å². The summed E-state index contributed by atoms with van der Waals surface area (Å²) in [5, 5.41) is 5.63. The normalized spacial score (nSPS) is 10.3. The zero-order valence-corrected chi connectivity index (χ0v) is 16.6. The van der Waals surface area contributed by atoms with Crippen LogP contribution in [0.25, 0.3) is 0 Å². The second-order valence-corrected chi connectivity index (χ2v) is 6.74. The van der Waals surface area contributed by atoms with Crippen LogP contribution in [0.5, 0.6) is 5.75 Å². The Labute approximate surface area is 170 Å². The standard InChI is InChI=1S/C24H24N2O3/c1-3-23(27)25-20-10-6-11-21(15-20)26-24(28)19-9-5-12-22(14-19)29-16-18-8-4-7-17(2)13-18/h4-15H,3,16H2,1-2H3,(H,25,27)(H,26,28). The van der Waals surface area contributed by atoms with Crippen molar-refractivity contribution in [2.45, 2.75) is 26.9 Å². The Bertz CT molecular complexity index is 1010. The van der Waals surface area contributed by atoms with Gasteiger partial charge >= 0.3 is 0 Å². The summed E-state index contributed by atoms with van der Waals surface area (Å²) in [6.45, 7) is 4.26. The molecule has 0 aliphatic rings. The molecule has 0 saturated heterocycles. The molecule has 3 rings (SSSR count). The molecule has 0 atom stereocenters. The monoisotopic (exact) mass is 388 g/mol. The van der Waals surface area contributed by atoms with Crippen molar-refractivity contribution in [2.24, 2.45) is 0 Å². The van der Waals surface area contributed by atoms with Crippen molar-refractivity contribution in [3.05, 3.63) is 89.5 Å². The van der Waals surface area contributed by atoms with Crippen LogP contribution in [0.15, 0.2) is 72.8 Å². The van der Waals surface area contributed by atoms with E-state index in [-0.39, 0.29) is 11.8 Å². The van der Waals surface area contributed by atoms with Gasteiger partial charge in [0.05, 0.1) is 0 Å². The molecule has 148 valence electrons. The fourth-order valence-corrected chi connectivity index (χ4v) is 2.82. The van der Waals surface area contributed by atoms with Gasteiger partial charge in [0.2, 0.25) is 5.91 Å². The highest BCUT2D eigenvalue weighted by atomic mass is 16.5. The minimum Gasteiger partial charge on any atom is -0.489 e. The van der Waals surface area contributed by atoms with Gasteiger partial charge < -0.3 is 15.4 Å². The SMILES string of the molecule is CCC(=O)Nc1cccc(NC(=O)c2cccc(OCc3cccc(C)c3)c2)c1. The summed E-state index contributed by atoms with van der Waals surface area (Å²) in [6, 6.07) is 22.2. The van der Waals surface area contributed by atoms with Crippen LogP contribution < -0.4 is 15.4 Å². The number of benzene rings is 3. The van der Waals surface area contributed by atoms with E-state index in [1.54, 1.807) is 49.4 Å². The number of amides is 2. The average Bonchev–Trinajstić information content (AvgIpc) is 2.72. The summed E-state index contributed by atoms with van der Waals surface area (Å²) in [5.74, 6) is 0.306. The van der Waals surface area contributed by atoms with Gasteiger partial charge in [-0.25, -0.2) is 0 Å². The molecule has 2 amide bonds. The quantitative estimate of drug-likeness (QED) is 0.586. The number of rotatable bonds is 7. The third-order valence-electron chi connectivity index (χ3n) is 4.31. The van der Waals surface area contributed by atoms with E-state index in [9.17, 15) is 9.59 Å². The minimum atomic E-state index is -0.245. The zero-order chi connectivity index (χ0) is 20.6. The lowest BCUT2D eigenvalue weighted by Crippen LogP contribution is -2.13. The molecule has 0 unspecified atom stereocenters. The first-order chi connectivity index (χ1) is 14.0. The van der Waals surface area contributed by atoms with Gasteiger partial charge in [-0.15, -0.1) is 0 Å². The molecule has 0 fully saturated rings. The maximum atomic E-state index is 12.6. The predicted octanol–water partition coefficient (Wildman–Crippen LogP) is 5.17. The Balaban J connectivity index is 1.65. The highest BCUT2D eigenvalue weighted by Gasteiger charge is 2.09. The number of nitrogens with one attached hydrogen (secondary N) is 2. The number of carbonyl (C=O) groups is 2. The van der Waals surface area contributed by atoms with Crippen LogP contribution in [-0.2, 0) is 11.4 Å². The van der Waals surface area contributed by atoms with Crippen LogP contribution in [0.3, 0.4) is 0 Å². The van der Waals surface area contributed by atoms with Crippen molar-refractivity contribution in [1.29, 1.82) is 0 Å². The van der Waals surface area contributed by atoms with E-state index in [1.807, 2.05) is 31.2 Å². The van der Waals surface area contributed by atoms with Crippen LogP contribution in [0.2, 0.25) is 0 Å². The van der Waals surface area contributed by atoms with E-state index in [0.29, 0.717) is 35.7 Å². The molecule has 0 aromatic heterocycles. The smallest absolute Gasteiger partial charge is 0.255 e. The van der Waals surface area contributed by atoms with E-state index >= 15 is 0 Å². The van der Waals surface area contributed by atoms with Crippen LogP contribution in [0.4, 0.5) is 11.4 Å². The summed E-state index contributed by atoms with van der Waals surface area (Å²) in [5.41, 5.74) is 4.00. The van der Waals surface area contributed by atoms with Crippen molar-refractivity contribution in [3.63, 3.8) is 0 Å². The molecule has 0 saturated carbocycles. The van der Waals surface area contributed by atoms with Crippen molar-refractivity contribution < 1.29 is 14.3 Å². The fraction of sp³-hybridized carbons (Fsp3) is 0.167. The third-order valence-corrected chi connectivity index (χ3v) is 4.31. The average molecular weight is 388 g/mol. The van der Waals surface area contributed by atoms with Crippen LogP contribution >= 0.6 is 0 Å². The first-order valence-corrected chi connectivity index (χ1v) is 9.53. The van der Waals surface area contributed by atoms with Gasteiger partial charge in [-0.05, 0) is 48.9 Å². The second-order valence-electron chi connectivity index (χ2n) is 6.74. The van der Waals surface area contributed by atoms with Gasteiger partial charge in [0.15, 0.2) is 0 Å². The molecule has 3 aromatic rings. The van der Waals surface area contributed by atoms with Crippen LogP contribution in [0, 0.1) is 6.92 Å². The highest BCUT2D eigenvalue weighted by molar-refractivity contribution is 6.05. The van der Waals surface area contributed by atoms with Gasteiger partial charge in [-0.2, -0.15) is 0 Å². The number of carbonyl (C=O) groups excluding carboxylic acids is 2. The molecule has 0 aliphatic carbocycles. The molecule has 29 heavy (non-hydrogen) atoms. The van der Waals surface area contributed by atoms with Crippen molar-refractivity contribution >= 4 is 23.2 Å². The highest BCUT2D eigenvalue weighted by Crippen LogP contribution is 2.19. The van der Waals surface area contributed by atoms with Crippen molar-refractivity contribution in [1.82, 2.24) is 0 Å². The molecule has 2 N–H and O–H groups in total. The van der Waals surface area contributed by atoms with Gasteiger partial charge in [0.25, 0.3) is 5.91 Å². The lowest BCUT2D eigenvalue weighted by atomic mass is 10.1. The minimum absolute atomic E-state index is 0.0769. The molecule has 3 aromatic carbocycles. The van der Waals surface area contributed by atoms with Gasteiger partial charge in [0.1, 0.15) is 12.4 Å². The first kappa shape index (κ1) is 20.1. The molecular formula is C24H24N2O3. The number of aryl methyl sites for hydroxylation is 1. The molecular weight excluding hydrogens is 364 g/mol. The Morgan fingerprint density at radius 3 is 2.34 bits per heavy atom. The summed E-state index contributed by atoms with van der Waals surface area (Å²) < 4.78 is 5.84. The third kappa shape index (κ3) is 5.94. The second kappa shape index (κ2) is 9.55. The van der Waals surface area contributed by atoms with Crippen molar-refractivity contribution in [2.75, 3.05) is 10.6 Å².